The number of cyclic esters (lactones) is 1. The first-order chi connectivity index (χ1) is 11.4. The van der Waals surface area contributed by atoms with Crippen molar-refractivity contribution in [2.45, 2.75) is 64.1 Å². The predicted molar refractivity (Wildman–Crippen MR) is 87.9 cm³/mol. The van der Waals surface area contributed by atoms with E-state index in [-0.39, 0.29) is 29.1 Å². The number of fused-ring (bicyclic) bond motifs is 2. The van der Waals surface area contributed by atoms with Crippen LogP contribution >= 0.6 is 0 Å². The molecule has 1 aliphatic heterocycles. The van der Waals surface area contributed by atoms with E-state index in [4.69, 9.17) is 4.74 Å². The summed E-state index contributed by atoms with van der Waals surface area (Å²) in [5.74, 6) is 0.456. The standard InChI is InChI=1S/C20H28O4/c1-11-12-4-7-20(16(11)22)14(8-12)19-6-3-5-18(2,10-24-17(19)23)13(19)9-15(20)21/h12-16,21-22H,1,3-10H2,2H3/t12-,13?,14?,15+,16-,18-,19-,20+/m0/s1. The molecule has 6 aliphatic rings. The molecule has 0 radical (unpaired) electrons. The van der Waals surface area contributed by atoms with Gasteiger partial charge < -0.3 is 14.9 Å². The second-order valence-electron chi connectivity index (χ2n) is 9.54. The number of aliphatic hydroxyl groups is 2. The van der Waals surface area contributed by atoms with E-state index in [0.29, 0.717) is 13.0 Å². The minimum absolute atomic E-state index is 0.0204. The molecule has 6 rings (SSSR count). The molecule has 0 aromatic rings. The molecule has 24 heavy (non-hydrogen) atoms. The van der Waals surface area contributed by atoms with Crippen LogP contribution in [0, 0.1) is 34.0 Å². The first-order valence-corrected chi connectivity index (χ1v) is 9.58. The number of rotatable bonds is 0. The summed E-state index contributed by atoms with van der Waals surface area (Å²) in [5.41, 5.74) is -0.219. The number of carbonyl (C=O) groups excluding carboxylic acids is 1. The van der Waals surface area contributed by atoms with Gasteiger partial charge in [0.1, 0.15) is 0 Å². The molecule has 8 atom stereocenters. The Morgan fingerprint density at radius 3 is 2.75 bits per heavy atom. The first-order valence-electron chi connectivity index (χ1n) is 9.58. The number of carbonyl (C=O) groups is 1. The van der Waals surface area contributed by atoms with Gasteiger partial charge in [-0.1, -0.05) is 19.9 Å². The van der Waals surface area contributed by atoms with Gasteiger partial charge in [-0.15, -0.1) is 0 Å². The first kappa shape index (κ1) is 15.4. The highest BCUT2D eigenvalue weighted by atomic mass is 16.5. The van der Waals surface area contributed by atoms with Crippen molar-refractivity contribution in [3.8, 4) is 0 Å². The average molecular weight is 332 g/mol. The quantitative estimate of drug-likeness (QED) is 0.528. The fourth-order valence-corrected chi connectivity index (χ4v) is 7.76. The molecule has 1 saturated heterocycles. The number of ether oxygens (including phenoxy) is 1. The number of esters is 1. The van der Waals surface area contributed by atoms with E-state index in [1.165, 1.54) is 0 Å². The lowest BCUT2D eigenvalue weighted by Crippen LogP contribution is -2.73. The fourth-order valence-electron chi connectivity index (χ4n) is 7.76. The van der Waals surface area contributed by atoms with Crippen molar-refractivity contribution in [2.24, 2.45) is 34.0 Å². The van der Waals surface area contributed by atoms with Crippen molar-refractivity contribution in [3.05, 3.63) is 12.2 Å². The maximum Gasteiger partial charge on any atom is 0.312 e. The highest BCUT2D eigenvalue weighted by Gasteiger charge is 2.75. The topological polar surface area (TPSA) is 66.8 Å². The summed E-state index contributed by atoms with van der Waals surface area (Å²) in [5, 5.41) is 22.3. The zero-order chi connectivity index (χ0) is 16.9. The van der Waals surface area contributed by atoms with Crippen LogP contribution in [0.15, 0.2) is 12.2 Å². The van der Waals surface area contributed by atoms with E-state index < -0.39 is 23.0 Å². The molecular weight excluding hydrogens is 304 g/mol. The summed E-state index contributed by atoms with van der Waals surface area (Å²) in [6.45, 7) is 6.86. The van der Waals surface area contributed by atoms with Crippen molar-refractivity contribution in [1.82, 2.24) is 0 Å². The van der Waals surface area contributed by atoms with E-state index >= 15 is 0 Å². The summed E-state index contributed by atoms with van der Waals surface area (Å²) < 4.78 is 5.73. The van der Waals surface area contributed by atoms with Gasteiger partial charge in [0.25, 0.3) is 0 Å². The van der Waals surface area contributed by atoms with Crippen molar-refractivity contribution < 1.29 is 19.7 Å². The molecule has 5 aliphatic carbocycles. The SMILES string of the molecule is C=C1[C@H]2CC[C@]3(C(C2)[C@@]24CCC[C@@](C)(COC2=O)C4C[C@H]3O)[C@H]1O. The van der Waals surface area contributed by atoms with Crippen LogP contribution in [-0.4, -0.2) is 35.0 Å². The summed E-state index contributed by atoms with van der Waals surface area (Å²) >= 11 is 0. The van der Waals surface area contributed by atoms with Gasteiger partial charge in [-0.25, -0.2) is 0 Å². The number of hydrogen-bond acceptors (Lipinski definition) is 4. The van der Waals surface area contributed by atoms with Crippen molar-refractivity contribution >= 4 is 5.97 Å². The summed E-state index contributed by atoms with van der Waals surface area (Å²) in [6.07, 6.45) is 5.05. The van der Waals surface area contributed by atoms with Crippen LogP contribution in [0.25, 0.3) is 0 Å². The van der Waals surface area contributed by atoms with E-state index in [0.717, 1.165) is 44.1 Å². The lowest BCUT2D eigenvalue weighted by molar-refractivity contribution is -0.278. The number of hydrogen-bond donors (Lipinski definition) is 2. The van der Waals surface area contributed by atoms with Crippen LogP contribution in [0.4, 0.5) is 0 Å². The number of aliphatic hydroxyl groups excluding tert-OH is 2. The van der Waals surface area contributed by atoms with Gasteiger partial charge in [0, 0.05) is 10.8 Å². The average Bonchev–Trinajstić information content (AvgIpc) is 2.57. The largest absolute Gasteiger partial charge is 0.465 e. The lowest BCUT2D eigenvalue weighted by Gasteiger charge is -2.71. The van der Waals surface area contributed by atoms with Crippen molar-refractivity contribution in [3.63, 3.8) is 0 Å². The Morgan fingerprint density at radius 2 is 1.96 bits per heavy atom. The van der Waals surface area contributed by atoms with Crippen molar-refractivity contribution in [2.75, 3.05) is 6.61 Å². The molecule has 4 nitrogen and oxygen atoms in total. The Bertz CT molecular complexity index is 629. The third kappa shape index (κ3) is 1.44. The molecule has 2 unspecified atom stereocenters. The lowest BCUT2D eigenvalue weighted by atomic mass is 9.34. The van der Waals surface area contributed by atoms with Gasteiger partial charge in [-0.05, 0) is 61.9 Å². The van der Waals surface area contributed by atoms with Gasteiger partial charge in [0.05, 0.1) is 24.2 Å². The van der Waals surface area contributed by atoms with Crippen LogP contribution in [0.1, 0.15) is 51.9 Å². The van der Waals surface area contributed by atoms with Crippen LogP contribution in [0.3, 0.4) is 0 Å². The van der Waals surface area contributed by atoms with Gasteiger partial charge >= 0.3 is 5.97 Å². The van der Waals surface area contributed by atoms with Crippen LogP contribution in [-0.2, 0) is 9.53 Å². The normalized spacial score (nSPS) is 58.7. The highest BCUT2D eigenvalue weighted by Crippen LogP contribution is 2.73. The summed E-state index contributed by atoms with van der Waals surface area (Å²) in [7, 11) is 0. The minimum Gasteiger partial charge on any atom is -0.465 e. The molecule has 6 fully saturated rings. The second-order valence-corrected chi connectivity index (χ2v) is 9.54. The van der Waals surface area contributed by atoms with E-state index in [2.05, 4.69) is 13.5 Å². The minimum atomic E-state index is -0.678. The Morgan fingerprint density at radius 1 is 1.17 bits per heavy atom. The molecule has 0 amide bonds. The zero-order valence-electron chi connectivity index (χ0n) is 14.5. The van der Waals surface area contributed by atoms with Gasteiger partial charge in [0.2, 0.25) is 0 Å². The van der Waals surface area contributed by atoms with Crippen LogP contribution in [0.5, 0.6) is 0 Å². The Kier molecular flexibility index (Phi) is 2.85. The smallest absolute Gasteiger partial charge is 0.312 e. The Hall–Kier alpha value is -0.870. The molecule has 132 valence electrons. The molecule has 4 bridgehead atoms. The Balaban J connectivity index is 1.71. The molecule has 1 heterocycles. The van der Waals surface area contributed by atoms with Crippen molar-refractivity contribution in [1.29, 1.82) is 0 Å². The highest BCUT2D eigenvalue weighted by molar-refractivity contribution is 5.80. The third-order valence-corrected chi connectivity index (χ3v) is 8.90. The summed E-state index contributed by atoms with van der Waals surface area (Å²) in [6, 6.07) is 0. The van der Waals surface area contributed by atoms with Crippen LogP contribution in [0.2, 0.25) is 0 Å². The molecule has 4 heteroatoms. The second kappa shape index (κ2) is 4.45. The fraction of sp³-hybridized carbons (Fsp3) is 0.850. The molecule has 1 spiro atoms. The van der Waals surface area contributed by atoms with Gasteiger partial charge in [-0.3, -0.25) is 4.79 Å². The van der Waals surface area contributed by atoms with Crippen LogP contribution < -0.4 is 0 Å². The zero-order valence-corrected chi connectivity index (χ0v) is 14.5. The van der Waals surface area contributed by atoms with Gasteiger partial charge in [-0.2, -0.15) is 0 Å². The maximum atomic E-state index is 13.1. The van der Waals surface area contributed by atoms with E-state index in [1.54, 1.807) is 0 Å². The molecule has 0 aromatic heterocycles. The van der Waals surface area contributed by atoms with E-state index in [9.17, 15) is 15.0 Å². The Labute approximate surface area is 143 Å². The van der Waals surface area contributed by atoms with Gasteiger partial charge in [0.15, 0.2) is 0 Å². The molecule has 2 N–H and O–H groups in total. The monoisotopic (exact) mass is 332 g/mol. The molecular formula is C20H28O4. The van der Waals surface area contributed by atoms with E-state index in [1.807, 2.05) is 0 Å². The predicted octanol–water partition coefficient (Wildman–Crippen LogP) is 2.43. The molecule has 5 saturated carbocycles. The molecule has 0 aromatic carbocycles. The summed E-state index contributed by atoms with van der Waals surface area (Å²) in [4.78, 5) is 13.1. The third-order valence-electron chi connectivity index (χ3n) is 8.90. The maximum absolute atomic E-state index is 13.1.